The van der Waals surface area contributed by atoms with Gasteiger partial charge >= 0.3 is 0 Å². The molecular formula is C7H13NO4. The van der Waals surface area contributed by atoms with Gasteiger partial charge in [-0.05, 0) is 13.8 Å². The van der Waals surface area contributed by atoms with Crippen LogP contribution >= 0.6 is 0 Å². The van der Waals surface area contributed by atoms with Gasteiger partial charge in [-0.1, -0.05) is 0 Å². The van der Waals surface area contributed by atoms with Crippen molar-refractivity contribution in [3.63, 3.8) is 0 Å². The highest BCUT2D eigenvalue weighted by atomic mass is 16.8. The summed E-state index contributed by atoms with van der Waals surface area (Å²) in [4.78, 5) is 0. The minimum absolute atomic E-state index is 0.352. The number of ether oxygens (including phenoxy) is 3. The van der Waals surface area contributed by atoms with Gasteiger partial charge < -0.3 is 25.1 Å². The number of nitrogens with two attached hydrogens (primary N) is 1. The van der Waals surface area contributed by atoms with Crippen LogP contribution < -0.4 is 5.73 Å². The summed E-state index contributed by atoms with van der Waals surface area (Å²) in [5, 5.41) is 9.29. The van der Waals surface area contributed by atoms with Crippen LogP contribution in [0.25, 0.3) is 0 Å². The molecule has 2 saturated heterocycles. The maximum atomic E-state index is 9.29. The fourth-order valence-electron chi connectivity index (χ4n) is 1.61. The zero-order valence-electron chi connectivity index (χ0n) is 7.06. The van der Waals surface area contributed by atoms with E-state index < -0.39 is 24.4 Å². The predicted octanol–water partition coefficient (Wildman–Crippen LogP) is -0.860. The van der Waals surface area contributed by atoms with E-state index in [1.54, 1.807) is 13.8 Å². The lowest BCUT2D eigenvalue weighted by molar-refractivity contribution is -0.219. The molecule has 2 rings (SSSR count). The van der Waals surface area contributed by atoms with Crippen molar-refractivity contribution in [3.8, 4) is 0 Å². The van der Waals surface area contributed by atoms with Gasteiger partial charge in [-0.25, -0.2) is 0 Å². The molecule has 2 aliphatic rings. The molecule has 70 valence electrons. The molecule has 0 aliphatic carbocycles. The monoisotopic (exact) mass is 175 g/mol. The van der Waals surface area contributed by atoms with Gasteiger partial charge in [0.2, 0.25) is 0 Å². The molecule has 12 heavy (non-hydrogen) atoms. The van der Waals surface area contributed by atoms with Crippen LogP contribution in [0, 0.1) is 0 Å². The van der Waals surface area contributed by atoms with Gasteiger partial charge in [0.05, 0.1) is 0 Å². The highest BCUT2D eigenvalue weighted by Gasteiger charge is 2.53. The summed E-state index contributed by atoms with van der Waals surface area (Å²) < 4.78 is 15.7. The molecule has 4 atom stereocenters. The quantitative estimate of drug-likeness (QED) is 0.501. The molecule has 0 aromatic carbocycles. The van der Waals surface area contributed by atoms with E-state index in [0.717, 1.165) is 0 Å². The normalized spacial score (nSPS) is 51.0. The van der Waals surface area contributed by atoms with E-state index >= 15 is 0 Å². The second kappa shape index (κ2) is 2.40. The minimum Gasteiger partial charge on any atom is -0.366 e. The van der Waals surface area contributed by atoms with Crippen molar-refractivity contribution >= 4 is 0 Å². The molecule has 0 unspecified atom stereocenters. The first kappa shape index (κ1) is 8.40. The van der Waals surface area contributed by atoms with E-state index in [9.17, 15) is 5.11 Å². The Bertz CT molecular complexity index is 178. The van der Waals surface area contributed by atoms with E-state index in [-0.39, 0.29) is 6.10 Å². The van der Waals surface area contributed by atoms with Crippen molar-refractivity contribution in [1.29, 1.82) is 0 Å². The molecule has 2 fully saturated rings. The van der Waals surface area contributed by atoms with E-state index in [1.165, 1.54) is 0 Å². The van der Waals surface area contributed by atoms with E-state index in [2.05, 4.69) is 0 Å². The summed E-state index contributed by atoms with van der Waals surface area (Å²) in [6.07, 6.45) is -2.36. The van der Waals surface area contributed by atoms with Crippen LogP contribution in [0.1, 0.15) is 13.8 Å². The summed E-state index contributed by atoms with van der Waals surface area (Å²) in [6.45, 7) is 3.56. The van der Waals surface area contributed by atoms with Crippen LogP contribution in [0.2, 0.25) is 0 Å². The number of hydrogen-bond donors (Lipinski definition) is 2. The zero-order chi connectivity index (χ0) is 8.93. The number of rotatable bonds is 0. The Morgan fingerprint density at radius 3 is 2.42 bits per heavy atom. The third kappa shape index (κ3) is 1.14. The van der Waals surface area contributed by atoms with Crippen LogP contribution in [0.5, 0.6) is 0 Å². The molecule has 0 radical (unpaired) electrons. The third-order valence-corrected chi connectivity index (χ3v) is 2.07. The zero-order valence-corrected chi connectivity index (χ0v) is 7.06. The number of hydrogen-bond acceptors (Lipinski definition) is 5. The highest BCUT2D eigenvalue weighted by Crippen LogP contribution is 2.36. The third-order valence-electron chi connectivity index (χ3n) is 2.07. The average Bonchev–Trinajstić information content (AvgIpc) is 2.34. The van der Waals surface area contributed by atoms with Crippen molar-refractivity contribution in [2.75, 3.05) is 0 Å². The summed E-state index contributed by atoms with van der Waals surface area (Å²) in [7, 11) is 0. The van der Waals surface area contributed by atoms with Gasteiger partial charge in [-0.3, -0.25) is 0 Å². The Kier molecular flexibility index (Phi) is 1.68. The van der Waals surface area contributed by atoms with Gasteiger partial charge in [0.1, 0.15) is 18.4 Å². The lowest BCUT2D eigenvalue weighted by atomic mass is 10.2. The van der Waals surface area contributed by atoms with Crippen LogP contribution in [0.3, 0.4) is 0 Å². The Morgan fingerprint density at radius 1 is 1.25 bits per heavy atom. The van der Waals surface area contributed by atoms with Gasteiger partial charge in [-0.15, -0.1) is 0 Å². The van der Waals surface area contributed by atoms with Gasteiger partial charge in [0.15, 0.2) is 12.1 Å². The van der Waals surface area contributed by atoms with E-state index in [4.69, 9.17) is 19.9 Å². The maximum Gasteiger partial charge on any atom is 0.186 e. The smallest absolute Gasteiger partial charge is 0.186 e. The van der Waals surface area contributed by atoms with Crippen molar-refractivity contribution < 1.29 is 19.3 Å². The fraction of sp³-hybridized carbons (Fsp3) is 1.00. The van der Waals surface area contributed by atoms with Gasteiger partial charge in [-0.2, -0.15) is 0 Å². The Labute approximate surface area is 70.4 Å². The first-order valence-electron chi connectivity index (χ1n) is 3.94. The molecule has 5 nitrogen and oxygen atoms in total. The van der Waals surface area contributed by atoms with Crippen molar-refractivity contribution in [2.45, 2.75) is 44.4 Å². The van der Waals surface area contributed by atoms with Crippen LogP contribution in [-0.2, 0) is 14.2 Å². The topological polar surface area (TPSA) is 73.9 Å². The van der Waals surface area contributed by atoms with E-state index in [1.807, 2.05) is 0 Å². The molecule has 2 aliphatic heterocycles. The van der Waals surface area contributed by atoms with E-state index in [0.29, 0.717) is 0 Å². The van der Waals surface area contributed by atoms with Gasteiger partial charge in [0, 0.05) is 0 Å². The molecule has 0 aromatic heterocycles. The fourth-order valence-corrected chi connectivity index (χ4v) is 1.61. The predicted molar refractivity (Wildman–Crippen MR) is 38.9 cm³/mol. The molecule has 3 N–H and O–H groups in total. The molecule has 5 heteroatoms. The molecule has 0 amide bonds. The minimum atomic E-state index is -0.966. The summed E-state index contributed by atoms with van der Waals surface area (Å²) in [5.41, 5.74) is 5.54. The SMILES string of the molecule is CC1(C)O[C@@H]2[C@@H](O1)[C@@H](N)O[C@H]2O. The number of fused-ring (bicyclic) bond motifs is 1. The Morgan fingerprint density at radius 2 is 1.83 bits per heavy atom. The molecule has 0 saturated carbocycles. The Balaban J connectivity index is 2.15. The lowest BCUT2D eigenvalue weighted by Gasteiger charge is -2.20. The largest absolute Gasteiger partial charge is 0.366 e. The second-order valence-electron chi connectivity index (χ2n) is 3.56. The van der Waals surface area contributed by atoms with Crippen LogP contribution in [-0.4, -0.2) is 35.6 Å². The summed E-state index contributed by atoms with van der Waals surface area (Å²) >= 11 is 0. The molecule has 0 bridgehead atoms. The second-order valence-corrected chi connectivity index (χ2v) is 3.56. The summed E-state index contributed by atoms with van der Waals surface area (Å²) in [6, 6.07) is 0. The van der Waals surface area contributed by atoms with Gasteiger partial charge in [0.25, 0.3) is 0 Å². The van der Waals surface area contributed by atoms with Crippen LogP contribution in [0.4, 0.5) is 0 Å². The molecule has 2 heterocycles. The average molecular weight is 175 g/mol. The maximum absolute atomic E-state index is 9.29. The molecule has 0 spiro atoms. The van der Waals surface area contributed by atoms with Crippen molar-refractivity contribution in [2.24, 2.45) is 5.73 Å². The van der Waals surface area contributed by atoms with Crippen molar-refractivity contribution in [1.82, 2.24) is 0 Å². The molecular weight excluding hydrogens is 162 g/mol. The Hall–Kier alpha value is -0.200. The number of aliphatic hydroxyl groups is 1. The first-order valence-corrected chi connectivity index (χ1v) is 3.94. The first-order chi connectivity index (χ1) is 5.49. The highest BCUT2D eigenvalue weighted by molar-refractivity contribution is 4.91. The van der Waals surface area contributed by atoms with Crippen LogP contribution in [0.15, 0.2) is 0 Å². The lowest BCUT2D eigenvalue weighted by Crippen LogP contribution is -2.35. The number of aliphatic hydroxyl groups excluding tert-OH is 1. The molecule has 0 aromatic rings. The summed E-state index contributed by atoms with van der Waals surface area (Å²) in [5.74, 6) is -0.669. The standard InChI is InChI=1S/C7H13NO4/c1-7(2)11-3-4(12-7)6(9)10-5(3)8/h3-6,9H,8H2,1-2H3/t3-,4-,5+,6-/m1/s1. The van der Waals surface area contributed by atoms with Crippen molar-refractivity contribution in [3.05, 3.63) is 0 Å².